The number of ether oxygens (including phenoxy) is 1. The molecule has 32 heavy (non-hydrogen) atoms. The Kier molecular flexibility index (Phi) is 5.00. The molecule has 0 saturated carbocycles. The number of benzene rings is 1. The molecule has 1 saturated heterocycles. The molecule has 0 amide bonds. The number of methoxy groups -OCH3 is 1. The van der Waals surface area contributed by atoms with Crippen molar-refractivity contribution in [3.8, 4) is 17.1 Å². The third-order valence-corrected chi connectivity index (χ3v) is 6.29. The maximum atomic E-state index is 5.67. The van der Waals surface area contributed by atoms with E-state index < -0.39 is 0 Å². The number of anilines is 4. The van der Waals surface area contributed by atoms with Gasteiger partial charge >= 0.3 is 0 Å². The van der Waals surface area contributed by atoms with Crippen molar-refractivity contribution < 1.29 is 9.15 Å². The van der Waals surface area contributed by atoms with Crippen molar-refractivity contribution in [3.63, 3.8) is 0 Å². The van der Waals surface area contributed by atoms with E-state index in [0.29, 0.717) is 29.4 Å². The molecular weight excluding hydrogens is 404 g/mol. The zero-order valence-corrected chi connectivity index (χ0v) is 19.0. The van der Waals surface area contributed by atoms with Crippen molar-refractivity contribution >= 4 is 23.1 Å². The van der Waals surface area contributed by atoms with Crippen LogP contribution in [0.3, 0.4) is 0 Å². The number of hydrogen-bond donors (Lipinski definition) is 1. The Morgan fingerprint density at radius 2 is 2.16 bits per heavy atom. The summed E-state index contributed by atoms with van der Waals surface area (Å²) in [6.45, 7) is 9.28. The van der Waals surface area contributed by atoms with E-state index in [1.807, 2.05) is 25.1 Å². The molecule has 2 aliphatic rings. The first-order valence-corrected chi connectivity index (χ1v) is 11.0. The Labute approximate surface area is 187 Å². The zero-order chi connectivity index (χ0) is 22.4. The first-order valence-electron chi connectivity index (χ1n) is 11.0. The number of rotatable bonds is 5. The van der Waals surface area contributed by atoms with Crippen molar-refractivity contribution in [2.75, 3.05) is 35.8 Å². The van der Waals surface area contributed by atoms with Gasteiger partial charge in [0.25, 0.3) is 0 Å². The molecule has 8 heteroatoms. The summed E-state index contributed by atoms with van der Waals surface area (Å²) in [5.74, 6) is 3.55. The number of nitrogens with zero attached hydrogens (tertiary/aromatic N) is 5. The minimum absolute atomic E-state index is 0.310. The van der Waals surface area contributed by atoms with Crippen LogP contribution in [0.15, 0.2) is 41.1 Å². The number of fused-ring (bicyclic) bond motifs is 3. The zero-order valence-electron chi connectivity index (χ0n) is 19.0. The highest BCUT2D eigenvalue weighted by molar-refractivity contribution is 5.79. The summed E-state index contributed by atoms with van der Waals surface area (Å²) < 4.78 is 11.3. The van der Waals surface area contributed by atoms with Gasteiger partial charge in [-0.05, 0) is 31.4 Å². The van der Waals surface area contributed by atoms with Gasteiger partial charge in [-0.25, -0.2) is 9.97 Å². The summed E-state index contributed by atoms with van der Waals surface area (Å²) in [7, 11) is 3.72. The first kappa shape index (κ1) is 20.4. The molecule has 1 aromatic carbocycles. The average molecular weight is 433 g/mol. The maximum Gasteiger partial charge on any atom is 0.229 e. The molecule has 1 N–H and O–H groups in total. The fourth-order valence-corrected chi connectivity index (χ4v) is 4.66. The number of hydrogen-bond acceptors (Lipinski definition) is 8. The molecule has 2 aromatic heterocycles. The Balaban J connectivity index is 1.51. The van der Waals surface area contributed by atoms with E-state index in [4.69, 9.17) is 19.1 Å². The normalized spacial score (nSPS) is 17.4. The van der Waals surface area contributed by atoms with E-state index in [1.54, 1.807) is 13.3 Å². The molecule has 0 bridgehead atoms. The molecule has 8 nitrogen and oxygen atoms in total. The van der Waals surface area contributed by atoms with Gasteiger partial charge in [-0.3, -0.25) is 0 Å². The molecule has 0 spiro atoms. The number of nitrogens with one attached hydrogen (secondary N) is 1. The van der Waals surface area contributed by atoms with Crippen LogP contribution in [0.4, 0.5) is 23.1 Å². The smallest absolute Gasteiger partial charge is 0.229 e. The highest BCUT2D eigenvalue weighted by Gasteiger charge is 2.38. The Morgan fingerprint density at radius 1 is 1.31 bits per heavy atom. The van der Waals surface area contributed by atoms with E-state index in [2.05, 4.69) is 40.7 Å². The lowest BCUT2D eigenvalue weighted by atomic mass is 10.1. The van der Waals surface area contributed by atoms with Gasteiger partial charge in [-0.15, -0.1) is 0 Å². The third kappa shape index (κ3) is 3.26. The van der Waals surface area contributed by atoms with Crippen molar-refractivity contribution in [2.24, 2.45) is 0 Å². The van der Waals surface area contributed by atoms with Gasteiger partial charge in [0, 0.05) is 38.0 Å². The molecule has 5 rings (SSSR count). The second kappa shape index (κ2) is 7.85. The monoisotopic (exact) mass is 432 g/mol. The van der Waals surface area contributed by atoms with Crippen molar-refractivity contribution in [1.29, 1.82) is 0 Å². The van der Waals surface area contributed by atoms with Gasteiger partial charge in [-0.2, -0.15) is 4.98 Å². The van der Waals surface area contributed by atoms with Crippen LogP contribution < -0.4 is 19.9 Å². The summed E-state index contributed by atoms with van der Waals surface area (Å²) in [4.78, 5) is 18.5. The second-order valence-corrected chi connectivity index (χ2v) is 8.21. The fraction of sp³-hybridized carbons (Fsp3) is 0.375. The molecule has 1 atom stereocenters. The van der Waals surface area contributed by atoms with Gasteiger partial charge < -0.3 is 24.3 Å². The SMILES string of the molecule is C=C1C2CCCN2c2nc(Nc3ccc(-c4cnc(C)o4)c(OC)c3)nc(CC)c2N1C. The molecule has 0 radical (unpaired) electrons. The van der Waals surface area contributed by atoms with Crippen LogP contribution in [-0.4, -0.2) is 41.7 Å². The highest BCUT2D eigenvalue weighted by atomic mass is 16.5. The molecule has 0 aliphatic carbocycles. The van der Waals surface area contributed by atoms with Gasteiger partial charge in [0.15, 0.2) is 17.5 Å². The summed E-state index contributed by atoms with van der Waals surface area (Å²) in [5, 5.41) is 3.38. The lowest BCUT2D eigenvalue weighted by molar-refractivity contribution is 0.414. The molecule has 3 aromatic rings. The minimum atomic E-state index is 0.310. The molecule has 1 fully saturated rings. The Hall–Kier alpha value is -3.55. The fourth-order valence-electron chi connectivity index (χ4n) is 4.66. The van der Waals surface area contributed by atoms with Crippen LogP contribution in [0.5, 0.6) is 5.75 Å². The van der Waals surface area contributed by atoms with Gasteiger partial charge in [-0.1, -0.05) is 13.5 Å². The van der Waals surface area contributed by atoms with Crippen LogP contribution in [0, 0.1) is 6.92 Å². The Bertz CT molecular complexity index is 1190. The lowest BCUT2D eigenvalue weighted by Gasteiger charge is -2.41. The number of aromatic nitrogens is 3. The standard InChI is InChI=1S/C24H28N6O2/c1-6-18-22-23(30-11-7-8-19(30)14(2)29(22)4)28-24(27-18)26-16-9-10-17(20(12-16)31-5)21-13-25-15(3)32-21/h9-10,12-13,19H,2,6-8,11H2,1,3-5H3,(H,26,27,28). The molecule has 1 unspecified atom stereocenters. The van der Waals surface area contributed by atoms with Crippen LogP contribution >= 0.6 is 0 Å². The summed E-state index contributed by atoms with van der Waals surface area (Å²) >= 11 is 0. The van der Waals surface area contributed by atoms with Crippen LogP contribution in [0.1, 0.15) is 31.4 Å². The predicted molar refractivity (Wildman–Crippen MR) is 126 cm³/mol. The molecule has 2 aliphatic heterocycles. The Morgan fingerprint density at radius 3 is 2.88 bits per heavy atom. The van der Waals surface area contributed by atoms with Gasteiger partial charge in [0.2, 0.25) is 5.95 Å². The van der Waals surface area contributed by atoms with Gasteiger partial charge in [0.05, 0.1) is 30.6 Å². The van der Waals surface area contributed by atoms with Crippen LogP contribution in [-0.2, 0) is 6.42 Å². The van der Waals surface area contributed by atoms with Crippen molar-refractivity contribution in [1.82, 2.24) is 15.0 Å². The third-order valence-electron chi connectivity index (χ3n) is 6.29. The molecule has 4 heterocycles. The van der Waals surface area contributed by atoms with Crippen molar-refractivity contribution in [2.45, 2.75) is 39.2 Å². The number of likely N-dealkylation sites (N-methyl/N-ethyl adjacent to an activating group) is 1. The van der Waals surface area contributed by atoms with E-state index >= 15 is 0 Å². The summed E-state index contributed by atoms with van der Waals surface area (Å²) in [5.41, 5.74) is 4.88. The van der Waals surface area contributed by atoms with Crippen LogP contribution in [0.25, 0.3) is 11.3 Å². The largest absolute Gasteiger partial charge is 0.496 e. The van der Waals surface area contributed by atoms with E-state index in [0.717, 1.165) is 60.0 Å². The number of aryl methyl sites for hydroxylation is 2. The van der Waals surface area contributed by atoms with Gasteiger partial charge in [0.1, 0.15) is 11.4 Å². The predicted octanol–water partition coefficient (Wildman–Crippen LogP) is 4.69. The average Bonchev–Trinajstić information content (AvgIpc) is 3.46. The second-order valence-electron chi connectivity index (χ2n) is 8.21. The topological polar surface area (TPSA) is 79.5 Å². The van der Waals surface area contributed by atoms with Crippen LogP contribution in [0.2, 0.25) is 0 Å². The summed E-state index contributed by atoms with van der Waals surface area (Å²) in [6.07, 6.45) is 4.77. The minimum Gasteiger partial charge on any atom is -0.496 e. The molecule has 166 valence electrons. The quantitative estimate of drug-likeness (QED) is 0.622. The van der Waals surface area contributed by atoms with E-state index in [1.165, 1.54) is 0 Å². The first-order chi connectivity index (χ1) is 15.5. The van der Waals surface area contributed by atoms with E-state index in [-0.39, 0.29) is 0 Å². The lowest BCUT2D eigenvalue weighted by Crippen LogP contribution is -2.43. The highest BCUT2D eigenvalue weighted by Crippen LogP contribution is 2.44. The molecular formula is C24H28N6O2. The van der Waals surface area contributed by atoms with E-state index in [9.17, 15) is 0 Å². The van der Waals surface area contributed by atoms with Crippen molar-refractivity contribution in [3.05, 3.63) is 48.3 Å². The maximum absolute atomic E-state index is 5.67. The number of oxazole rings is 1. The summed E-state index contributed by atoms with van der Waals surface area (Å²) in [6, 6.07) is 6.16.